The standard InChI is InChI=1S/C16H16N4O/c17-15-20-16(10-21-15)6-5-11-3-1-4-12(13(11)9-16)14-18-7-2-8-19-14/h1-4,7-8H,5-6,9-10H2,(H2,17,20). The van der Waals surface area contributed by atoms with Crippen molar-refractivity contribution in [1.82, 2.24) is 9.97 Å². The van der Waals surface area contributed by atoms with Crippen LogP contribution in [0.4, 0.5) is 0 Å². The van der Waals surface area contributed by atoms with Crippen molar-refractivity contribution in [3.8, 4) is 11.4 Å². The first-order valence-electron chi connectivity index (χ1n) is 7.12. The van der Waals surface area contributed by atoms with Crippen molar-refractivity contribution in [3.63, 3.8) is 0 Å². The van der Waals surface area contributed by atoms with Crippen LogP contribution in [0.1, 0.15) is 17.5 Å². The molecular weight excluding hydrogens is 264 g/mol. The molecule has 2 aliphatic rings. The molecule has 0 bridgehead atoms. The number of rotatable bonds is 1. The number of aromatic nitrogens is 2. The van der Waals surface area contributed by atoms with Crippen LogP contribution in [0.5, 0.6) is 0 Å². The second-order valence-electron chi connectivity index (χ2n) is 5.66. The minimum Gasteiger partial charge on any atom is -0.463 e. The predicted molar refractivity (Wildman–Crippen MR) is 79.8 cm³/mol. The molecule has 0 amide bonds. The minimum absolute atomic E-state index is 0.206. The summed E-state index contributed by atoms with van der Waals surface area (Å²) in [5.41, 5.74) is 9.22. The lowest BCUT2D eigenvalue weighted by atomic mass is 9.77. The molecule has 2 heterocycles. The van der Waals surface area contributed by atoms with E-state index in [1.54, 1.807) is 12.4 Å². The molecule has 2 N–H and O–H groups in total. The Morgan fingerprint density at radius 1 is 1.14 bits per heavy atom. The minimum atomic E-state index is -0.206. The fraction of sp³-hybridized carbons (Fsp3) is 0.312. The molecule has 5 heteroatoms. The molecule has 5 nitrogen and oxygen atoms in total. The molecule has 0 saturated heterocycles. The van der Waals surface area contributed by atoms with E-state index in [1.165, 1.54) is 11.1 Å². The van der Waals surface area contributed by atoms with Gasteiger partial charge in [-0.1, -0.05) is 18.2 Å². The Morgan fingerprint density at radius 3 is 2.76 bits per heavy atom. The molecule has 1 atom stereocenters. The van der Waals surface area contributed by atoms with Gasteiger partial charge in [-0.15, -0.1) is 0 Å². The zero-order valence-electron chi connectivity index (χ0n) is 11.6. The SMILES string of the molecule is NC1=NC2(CCc3cccc(-c4ncccn4)c3C2)CO1. The molecular formula is C16H16N4O. The summed E-state index contributed by atoms with van der Waals surface area (Å²) in [6.45, 7) is 0.572. The average Bonchev–Trinajstić information content (AvgIpc) is 2.88. The fourth-order valence-electron chi connectivity index (χ4n) is 3.24. The van der Waals surface area contributed by atoms with Crippen LogP contribution < -0.4 is 5.73 Å². The number of nitrogens with two attached hydrogens (primary N) is 1. The van der Waals surface area contributed by atoms with Crippen molar-refractivity contribution in [3.05, 3.63) is 47.8 Å². The molecule has 21 heavy (non-hydrogen) atoms. The van der Waals surface area contributed by atoms with Gasteiger partial charge in [-0.3, -0.25) is 0 Å². The van der Waals surface area contributed by atoms with Crippen molar-refractivity contribution in [2.45, 2.75) is 24.8 Å². The molecule has 1 aromatic heterocycles. The van der Waals surface area contributed by atoms with Gasteiger partial charge in [-0.05, 0) is 30.0 Å². The highest BCUT2D eigenvalue weighted by Crippen LogP contribution is 2.38. The summed E-state index contributed by atoms with van der Waals surface area (Å²) >= 11 is 0. The Bertz CT molecular complexity index is 713. The molecule has 106 valence electrons. The second kappa shape index (κ2) is 4.55. The molecule has 1 unspecified atom stereocenters. The number of nitrogens with zero attached hydrogens (tertiary/aromatic N) is 3. The first-order chi connectivity index (χ1) is 10.3. The third-order valence-electron chi connectivity index (χ3n) is 4.28. The summed E-state index contributed by atoms with van der Waals surface area (Å²) < 4.78 is 5.40. The fourth-order valence-corrected chi connectivity index (χ4v) is 3.24. The van der Waals surface area contributed by atoms with Crippen LogP contribution in [-0.2, 0) is 17.6 Å². The van der Waals surface area contributed by atoms with Crippen LogP contribution in [0, 0.1) is 0 Å². The topological polar surface area (TPSA) is 73.4 Å². The molecule has 4 rings (SSSR count). The Morgan fingerprint density at radius 2 is 2.00 bits per heavy atom. The van der Waals surface area contributed by atoms with Crippen molar-refractivity contribution in [2.24, 2.45) is 10.7 Å². The second-order valence-corrected chi connectivity index (χ2v) is 5.66. The van der Waals surface area contributed by atoms with Gasteiger partial charge in [0.05, 0.1) is 0 Å². The molecule has 1 aliphatic heterocycles. The average molecular weight is 280 g/mol. The summed E-state index contributed by atoms with van der Waals surface area (Å²) in [7, 11) is 0. The van der Waals surface area contributed by atoms with Crippen molar-refractivity contribution < 1.29 is 4.74 Å². The maximum atomic E-state index is 5.71. The molecule has 1 aliphatic carbocycles. The number of fused-ring (bicyclic) bond motifs is 1. The van der Waals surface area contributed by atoms with Crippen LogP contribution in [0.3, 0.4) is 0 Å². The zero-order valence-corrected chi connectivity index (χ0v) is 11.6. The maximum absolute atomic E-state index is 5.71. The highest BCUT2D eigenvalue weighted by molar-refractivity contribution is 5.74. The number of ether oxygens (including phenoxy) is 1. The van der Waals surface area contributed by atoms with Crippen LogP contribution in [0.25, 0.3) is 11.4 Å². The normalized spacial score (nSPS) is 23.5. The van der Waals surface area contributed by atoms with E-state index >= 15 is 0 Å². The Hall–Kier alpha value is -2.43. The van der Waals surface area contributed by atoms with E-state index in [0.29, 0.717) is 12.6 Å². The van der Waals surface area contributed by atoms with Crippen LogP contribution >= 0.6 is 0 Å². The lowest BCUT2D eigenvalue weighted by molar-refractivity contribution is 0.235. The number of aliphatic imine (C=N–C) groups is 1. The summed E-state index contributed by atoms with van der Waals surface area (Å²) in [5, 5.41) is 0. The van der Waals surface area contributed by atoms with E-state index in [9.17, 15) is 0 Å². The molecule has 2 aromatic rings. The van der Waals surface area contributed by atoms with Crippen LogP contribution in [-0.4, -0.2) is 28.1 Å². The number of hydrogen-bond donors (Lipinski definition) is 1. The lowest BCUT2D eigenvalue weighted by Gasteiger charge is -2.31. The maximum Gasteiger partial charge on any atom is 0.282 e. The molecule has 1 aromatic carbocycles. The number of aryl methyl sites for hydroxylation is 1. The molecule has 0 saturated carbocycles. The van der Waals surface area contributed by atoms with Gasteiger partial charge < -0.3 is 10.5 Å². The third-order valence-corrected chi connectivity index (χ3v) is 4.28. The summed E-state index contributed by atoms with van der Waals surface area (Å²) in [4.78, 5) is 13.3. The number of amidine groups is 1. The molecule has 0 fully saturated rings. The van der Waals surface area contributed by atoms with Crippen LogP contribution in [0.2, 0.25) is 0 Å². The Balaban J connectivity index is 1.80. The lowest BCUT2D eigenvalue weighted by Crippen LogP contribution is -2.35. The highest BCUT2D eigenvalue weighted by Gasteiger charge is 2.40. The van der Waals surface area contributed by atoms with Gasteiger partial charge >= 0.3 is 0 Å². The smallest absolute Gasteiger partial charge is 0.282 e. The third kappa shape index (κ3) is 2.05. The summed E-state index contributed by atoms with van der Waals surface area (Å²) in [6.07, 6.45) is 6.33. The van der Waals surface area contributed by atoms with Gasteiger partial charge in [-0.25, -0.2) is 15.0 Å². The van der Waals surface area contributed by atoms with Gasteiger partial charge in [0.1, 0.15) is 12.1 Å². The van der Waals surface area contributed by atoms with E-state index in [4.69, 9.17) is 10.5 Å². The van der Waals surface area contributed by atoms with Gasteiger partial charge in [0, 0.05) is 24.4 Å². The quantitative estimate of drug-likeness (QED) is 0.863. The largest absolute Gasteiger partial charge is 0.463 e. The predicted octanol–water partition coefficient (Wildman–Crippen LogP) is 1.72. The summed E-state index contributed by atoms with van der Waals surface area (Å²) in [6, 6.07) is 8.47. The van der Waals surface area contributed by atoms with Gasteiger partial charge in [-0.2, -0.15) is 0 Å². The van der Waals surface area contributed by atoms with Crippen molar-refractivity contribution in [1.29, 1.82) is 0 Å². The molecule has 1 spiro atoms. The Kier molecular flexibility index (Phi) is 2.67. The first kappa shape index (κ1) is 12.3. The highest BCUT2D eigenvalue weighted by atomic mass is 16.5. The molecule has 0 radical (unpaired) electrons. The van der Waals surface area contributed by atoms with E-state index in [1.807, 2.05) is 6.07 Å². The number of benzene rings is 1. The van der Waals surface area contributed by atoms with Crippen LogP contribution in [0.15, 0.2) is 41.7 Å². The van der Waals surface area contributed by atoms with Crippen molar-refractivity contribution >= 4 is 6.02 Å². The Labute approximate surface area is 122 Å². The van der Waals surface area contributed by atoms with E-state index in [-0.39, 0.29) is 5.54 Å². The monoisotopic (exact) mass is 280 g/mol. The van der Waals surface area contributed by atoms with Gasteiger partial charge in [0.15, 0.2) is 5.82 Å². The van der Waals surface area contributed by atoms with E-state index < -0.39 is 0 Å². The van der Waals surface area contributed by atoms with Crippen molar-refractivity contribution in [2.75, 3.05) is 6.61 Å². The summed E-state index contributed by atoms with van der Waals surface area (Å²) in [5.74, 6) is 0.766. The van der Waals surface area contributed by atoms with Gasteiger partial charge in [0.2, 0.25) is 0 Å². The first-order valence-corrected chi connectivity index (χ1v) is 7.12. The number of hydrogen-bond acceptors (Lipinski definition) is 5. The van der Waals surface area contributed by atoms with Gasteiger partial charge in [0.25, 0.3) is 6.02 Å². The van der Waals surface area contributed by atoms with E-state index in [0.717, 1.165) is 30.7 Å². The van der Waals surface area contributed by atoms with E-state index in [2.05, 4.69) is 33.2 Å². The zero-order chi connectivity index (χ0) is 14.3.